The number of alkyl halides is 3. The van der Waals surface area contributed by atoms with Crippen molar-refractivity contribution in [3.63, 3.8) is 0 Å². The van der Waals surface area contributed by atoms with Crippen molar-refractivity contribution in [3.05, 3.63) is 34.1 Å². The zero-order valence-corrected chi connectivity index (χ0v) is 10.6. The Bertz CT molecular complexity index is 685. The summed E-state index contributed by atoms with van der Waals surface area (Å²) in [5, 5.41) is 18.5. The average molecular weight is 336 g/mol. The van der Waals surface area contributed by atoms with Gasteiger partial charge in [0.05, 0.1) is 5.56 Å². The van der Waals surface area contributed by atoms with E-state index >= 15 is 0 Å². The lowest BCUT2D eigenvalue weighted by Crippen LogP contribution is -2.06. The lowest BCUT2D eigenvalue weighted by Gasteiger charge is -2.10. The molecule has 0 saturated heterocycles. The van der Waals surface area contributed by atoms with E-state index in [9.17, 15) is 23.1 Å². The van der Waals surface area contributed by atoms with Crippen LogP contribution < -0.4 is 0 Å². The highest BCUT2D eigenvalue weighted by molar-refractivity contribution is 9.10. The zero-order chi connectivity index (χ0) is 14.4. The summed E-state index contributed by atoms with van der Waals surface area (Å²) in [4.78, 5) is 14.4. The second-order valence-electron chi connectivity index (χ2n) is 3.66. The lowest BCUT2D eigenvalue weighted by molar-refractivity contribution is -0.137. The molecular weight excluding hydrogens is 331 g/mol. The third-order valence-electron chi connectivity index (χ3n) is 2.46. The van der Waals surface area contributed by atoms with Crippen LogP contribution in [0.5, 0.6) is 5.75 Å². The predicted octanol–water partition coefficient (Wildman–Crippen LogP) is 3.42. The number of hydrogen-bond acceptors (Lipinski definition) is 3. The molecule has 2 rings (SSSR count). The van der Waals surface area contributed by atoms with Crippen LogP contribution in [0.4, 0.5) is 13.2 Å². The molecule has 0 spiro atoms. The van der Waals surface area contributed by atoms with Crippen LogP contribution in [0.15, 0.2) is 22.8 Å². The minimum Gasteiger partial charge on any atom is -0.505 e. The molecule has 0 atom stereocenters. The number of carboxylic acids is 1. The summed E-state index contributed by atoms with van der Waals surface area (Å²) in [6.45, 7) is 0. The molecule has 0 radical (unpaired) electrons. The maximum Gasteiger partial charge on any atom is 0.416 e. The SMILES string of the molecule is O=C(O)c1nc(Br)c2ccc(C(F)(F)F)cc2c1O. The zero-order valence-electron chi connectivity index (χ0n) is 8.99. The Balaban J connectivity index is 2.84. The molecule has 0 aliphatic carbocycles. The van der Waals surface area contributed by atoms with Crippen LogP contribution in [-0.4, -0.2) is 21.2 Å². The number of rotatable bonds is 1. The molecule has 19 heavy (non-hydrogen) atoms. The van der Waals surface area contributed by atoms with Gasteiger partial charge < -0.3 is 10.2 Å². The van der Waals surface area contributed by atoms with Crippen LogP contribution in [0.2, 0.25) is 0 Å². The normalized spacial score (nSPS) is 11.8. The van der Waals surface area contributed by atoms with E-state index in [0.29, 0.717) is 6.07 Å². The minimum absolute atomic E-state index is 0.0476. The van der Waals surface area contributed by atoms with E-state index in [4.69, 9.17) is 5.11 Å². The van der Waals surface area contributed by atoms with Gasteiger partial charge in [-0.25, -0.2) is 9.78 Å². The highest BCUT2D eigenvalue weighted by Crippen LogP contribution is 2.37. The number of fused-ring (bicyclic) bond motifs is 1. The molecule has 0 fully saturated rings. The molecule has 2 N–H and O–H groups in total. The first kappa shape index (κ1) is 13.6. The molecule has 0 aliphatic rings. The second kappa shape index (κ2) is 4.37. The second-order valence-corrected chi connectivity index (χ2v) is 4.41. The topological polar surface area (TPSA) is 70.4 Å². The smallest absolute Gasteiger partial charge is 0.416 e. The molecule has 1 heterocycles. The number of aromatic carboxylic acids is 1. The molecule has 1 aromatic heterocycles. The number of aromatic hydroxyl groups is 1. The Hall–Kier alpha value is -1.83. The van der Waals surface area contributed by atoms with Gasteiger partial charge in [-0.05, 0) is 28.1 Å². The molecule has 0 aliphatic heterocycles. The van der Waals surface area contributed by atoms with E-state index in [1.807, 2.05) is 0 Å². The number of halogens is 4. The van der Waals surface area contributed by atoms with Crippen molar-refractivity contribution in [3.8, 4) is 5.75 Å². The number of nitrogens with zero attached hydrogens (tertiary/aromatic N) is 1. The minimum atomic E-state index is -4.58. The van der Waals surface area contributed by atoms with E-state index in [1.165, 1.54) is 0 Å². The molecule has 2 aromatic rings. The third-order valence-corrected chi connectivity index (χ3v) is 3.07. The van der Waals surface area contributed by atoms with Gasteiger partial charge in [0.2, 0.25) is 0 Å². The number of pyridine rings is 1. The first-order valence-electron chi connectivity index (χ1n) is 4.84. The van der Waals surface area contributed by atoms with E-state index in [1.54, 1.807) is 0 Å². The molecule has 0 saturated carbocycles. The van der Waals surface area contributed by atoms with Crippen LogP contribution in [0.25, 0.3) is 10.8 Å². The Labute approximate surface area is 112 Å². The van der Waals surface area contributed by atoms with Crippen molar-refractivity contribution in [1.29, 1.82) is 0 Å². The first-order valence-corrected chi connectivity index (χ1v) is 5.64. The summed E-state index contributed by atoms with van der Waals surface area (Å²) in [6, 6.07) is 2.62. The summed E-state index contributed by atoms with van der Waals surface area (Å²) in [6.07, 6.45) is -4.58. The number of carboxylic acid groups (broad SMARTS) is 1. The summed E-state index contributed by atoms with van der Waals surface area (Å²) >= 11 is 2.96. The van der Waals surface area contributed by atoms with Crippen molar-refractivity contribution >= 4 is 32.7 Å². The molecule has 100 valence electrons. The number of hydrogen-bond donors (Lipinski definition) is 2. The summed E-state index contributed by atoms with van der Waals surface area (Å²) in [5.74, 6) is -2.32. The van der Waals surface area contributed by atoms with Gasteiger partial charge >= 0.3 is 12.1 Å². The van der Waals surface area contributed by atoms with E-state index in [2.05, 4.69) is 20.9 Å². The fraction of sp³-hybridized carbons (Fsp3) is 0.0909. The van der Waals surface area contributed by atoms with Gasteiger partial charge in [-0.3, -0.25) is 0 Å². The van der Waals surface area contributed by atoms with Crippen molar-refractivity contribution in [2.24, 2.45) is 0 Å². The van der Waals surface area contributed by atoms with Crippen LogP contribution in [0, 0.1) is 0 Å². The van der Waals surface area contributed by atoms with Crippen molar-refractivity contribution in [2.45, 2.75) is 6.18 Å². The highest BCUT2D eigenvalue weighted by Gasteiger charge is 2.31. The van der Waals surface area contributed by atoms with E-state index in [-0.39, 0.29) is 15.4 Å². The fourth-order valence-electron chi connectivity index (χ4n) is 1.58. The van der Waals surface area contributed by atoms with Crippen LogP contribution >= 0.6 is 15.9 Å². The van der Waals surface area contributed by atoms with Crippen LogP contribution in [0.3, 0.4) is 0 Å². The van der Waals surface area contributed by atoms with Crippen LogP contribution in [-0.2, 0) is 6.18 Å². The van der Waals surface area contributed by atoms with E-state index < -0.39 is 29.2 Å². The molecule has 0 unspecified atom stereocenters. The monoisotopic (exact) mass is 335 g/mol. The largest absolute Gasteiger partial charge is 0.505 e. The number of benzene rings is 1. The van der Waals surface area contributed by atoms with Crippen molar-refractivity contribution in [2.75, 3.05) is 0 Å². The first-order chi connectivity index (χ1) is 8.71. The molecule has 0 bridgehead atoms. The Morgan fingerprint density at radius 3 is 2.42 bits per heavy atom. The van der Waals surface area contributed by atoms with Crippen molar-refractivity contribution < 1.29 is 28.2 Å². The highest BCUT2D eigenvalue weighted by atomic mass is 79.9. The van der Waals surface area contributed by atoms with Crippen LogP contribution in [0.1, 0.15) is 16.1 Å². The summed E-state index contributed by atoms with van der Waals surface area (Å²) in [7, 11) is 0. The van der Waals surface area contributed by atoms with Gasteiger partial charge in [0.1, 0.15) is 4.60 Å². The molecular formula is C11H5BrF3NO3. The summed E-state index contributed by atoms with van der Waals surface area (Å²) < 4.78 is 37.8. The number of aromatic nitrogens is 1. The Morgan fingerprint density at radius 1 is 1.26 bits per heavy atom. The third kappa shape index (κ3) is 2.35. The van der Waals surface area contributed by atoms with Gasteiger partial charge in [0.15, 0.2) is 11.4 Å². The van der Waals surface area contributed by atoms with E-state index in [0.717, 1.165) is 12.1 Å². The summed E-state index contributed by atoms with van der Waals surface area (Å²) in [5.41, 5.74) is -1.69. The average Bonchev–Trinajstić information content (AvgIpc) is 2.31. The quantitative estimate of drug-likeness (QED) is 0.783. The Kier molecular flexibility index (Phi) is 3.13. The standard InChI is InChI=1S/C11H5BrF3NO3/c12-9-5-2-1-4(11(13,14)15)3-6(5)8(17)7(16-9)10(18)19/h1-3,17H,(H,18,19). The van der Waals surface area contributed by atoms with Gasteiger partial charge in [-0.1, -0.05) is 6.07 Å². The lowest BCUT2D eigenvalue weighted by atomic mass is 10.1. The maximum absolute atomic E-state index is 12.6. The van der Waals surface area contributed by atoms with Gasteiger partial charge in [-0.15, -0.1) is 0 Å². The Morgan fingerprint density at radius 2 is 1.89 bits per heavy atom. The fourth-order valence-corrected chi connectivity index (χ4v) is 2.11. The molecule has 0 amide bonds. The van der Waals surface area contributed by atoms with Gasteiger partial charge in [-0.2, -0.15) is 13.2 Å². The van der Waals surface area contributed by atoms with Gasteiger partial charge in [0.25, 0.3) is 0 Å². The van der Waals surface area contributed by atoms with Gasteiger partial charge in [0, 0.05) is 10.8 Å². The predicted molar refractivity (Wildman–Crippen MR) is 63.1 cm³/mol. The molecule has 8 heteroatoms. The van der Waals surface area contributed by atoms with Crippen molar-refractivity contribution in [1.82, 2.24) is 4.98 Å². The molecule has 1 aromatic carbocycles. The molecule has 4 nitrogen and oxygen atoms in total. The number of carbonyl (C=O) groups is 1. The maximum atomic E-state index is 12.6.